The van der Waals surface area contributed by atoms with E-state index < -0.39 is 10.7 Å². The van der Waals surface area contributed by atoms with Gasteiger partial charge in [-0.2, -0.15) is 0 Å². The van der Waals surface area contributed by atoms with Crippen LogP contribution >= 0.6 is 0 Å². The van der Waals surface area contributed by atoms with Gasteiger partial charge in [-0.1, -0.05) is 12.1 Å². The van der Waals surface area contributed by atoms with Gasteiger partial charge in [0.2, 0.25) is 0 Å². The lowest BCUT2D eigenvalue weighted by Gasteiger charge is -2.07. The molecule has 0 unspecified atom stereocenters. The number of nitro groups is 1. The van der Waals surface area contributed by atoms with Crippen LogP contribution in [0.4, 0.5) is 10.1 Å². The fraction of sp³-hybridized carbons (Fsp3) is 0.0714. The Morgan fingerprint density at radius 3 is 2.70 bits per heavy atom. The highest BCUT2D eigenvalue weighted by Crippen LogP contribution is 2.25. The van der Waals surface area contributed by atoms with Gasteiger partial charge in [-0.25, -0.2) is 9.37 Å². The highest BCUT2D eigenvalue weighted by molar-refractivity contribution is 5.78. The predicted molar refractivity (Wildman–Crippen MR) is 72.4 cm³/mol. The lowest BCUT2D eigenvalue weighted by molar-refractivity contribution is -0.385. The Morgan fingerprint density at radius 2 is 2.00 bits per heavy atom. The first kappa shape index (κ1) is 12.3. The number of nitrogens with zero attached hydrogens (tertiary/aromatic N) is 3. The van der Waals surface area contributed by atoms with E-state index in [2.05, 4.69) is 4.98 Å². The maximum absolute atomic E-state index is 14.1. The highest BCUT2D eigenvalue weighted by atomic mass is 19.1. The number of benzene rings is 2. The van der Waals surface area contributed by atoms with Gasteiger partial charge in [0.25, 0.3) is 5.69 Å². The molecule has 20 heavy (non-hydrogen) atoms. The largest absolute Gasteiger partial charge is 0.294 e. The van der Waals surface area contributed by atoms with Crippen LogP contribution in [0.2, 0.25) is 0 Å². The van der Waals surface area contributed by atoms with E-state index in [9.17, 15) is 14.5 Å². The zero-order valence-electron chi connectivity index (χ0n) is 10.6. The minimum Gasteiger partial charge on any atom is -0.294 e. The van der Waals surface area contributed by atoms with Gasteiger partial charge in [0.15, 0.2) is 5.82 Å². The number of aryl methyl sites for hydroxylation is 1. The molecule has 0 saturated heterocycles. The summed E-state index contributed by atoms with van der Waals surface area (Å²) in [5, 5.41) is 10.7. The number of nitro benzene ring substituents is 1. The van der Waals surface area contributed by atoms with Gasteiger partial charge < -0.3 is 0 Å². The molecule has 2 aromatic carbocycles. The van der Waals surface area contributed by atoms with E-state index in [1.54, 1.807) is 11.5 Å². The van der Waals surface area contributed by atoms with E-state index in [1.165, 1.54) is 12.1 Å². The first-order chi connectivity index (χ1) is 9.58. The van der Waals surface area contributed by atoms with Crippen LogP contribution in [0, 0.1) is 22.9 Å². The fourth-order valence-electron chi connectivity index (χ4n) is 2.24. The van der Waals surface area contributed by atoms with Gasteiger partial charge in [-0.3, -0.25) is 14.7 Å². The summed E-state index contributed by atoms with van der Waals surface area (Å²) in [6.07, 6.45) is 0. The van der Waals surface area contributed by atoms with Gasteiger partial charge in [-0.15, -0.1) is 0 Å². The van der Waals surface area contributed by atoms with E-state index in [0.717, 1.165) is 17.1 Å². The fourth-order valence-corrected chi connectivity index (χ4v) is 2.24. The molecule has 5 nitrogen and oxygen atoms in total. The number of rotatable bonds is 2. The molecular formula is C14H10FN3O2. The zero-order chi connectivity index (χ0) is 14.3. The summed E-state index contributed by atoms with van der Waals surface area (Å²) in [6, 6.07) is 11.0. The van der Waals surface area contributed by atoms with Gasteiger partial charge in [-0.05, 0) is 25.1 Å². The number of imidazole rings is 1. The average molecular weight is 271 g/mol. The quantitative estimate of drug-likeness (QED) is 0.530. The van der Waals surface area contributed by atoms with Crippen LogP contribution in [0.3, 0.4) is 0 Å². The van der Waals surface area contributed by atoms with E-state index in [0.29, 0.717) is 5.82 Å². The van der Waals surface area contributed by atoms with Gasteiger partial charge in [0, 0.05) is 6.07 Å². The van der Waals surface area contributed by atoms with E-state index >= 15 is 0 Å². The Morgan fingerprint density at radius 1 is 1.25 bits per heavy atom. The van der Waals surface area contributed by atoms with Crippen LogP contribution < -0.4 is 0 Å². The summed E-state index contributed by atoms with van der Waals surface area (Å²) in [4.78, 5) is 14.4. The number of fused-ring (bicyclic) bond motifs is 1. The summed E-state index contributed by atoms with van der Waals surface area (Å²) < 4.78 is 15.8. The highest BCUT2D eigenvalue weighted by Gasteiger charge is 2.15. The Balaban J connectivity index is 2.26. The summed E-state index contributed by atoms with van der Waals surface area (Å²) in [5.74, 6) is -0.0237. The predicted octanol–water partition coefficient (Wildman–Crippen LogP) is 3.38. The third-order valence-corrected chi connectivity index (χ3v) is 3.11. The van der Waals surface area contributed by atoms with E-state index in [-0.39, 0.29) is 11.4 Å². The van der Waals surface area contributed by atoms with Crippen molar-refractivity contribution in [3.8, 4) is 5.69 Å². The van der Waals surface area contributed by atoms with Crippen LogP contribution in [0.15, 0.2) is 42.5 Å². The van der Waals surface area contributed by atoms with Crippen LogP contribution in [-0.4, -0.2) is 14.5 Å². The molecule has 100 valence electrons. The molecule has 1 heterocycles. The summed E-state index contributed by atoms with van der Waals surface area (Å²) in [6.45, 7) is 1.76. The van der Waals surface area contributed by atoms with E-state index in [1.807, 2.05) is 24.3 Å². The molecule has 1 aromatic heterocycles. The second kappa shape index (κ2) is 4.41. The molecule has 0 fully saturated rings. The van der Waals surface area contributed by atoms with Crippen molar-refractivity contribution in [2.45, 2.75) is 6.92 Å². The second-order valence-electron chi connectivity index (χ2n) is 4.38. The molecule has 0 bridgehead atoms. The molecule has 0 saturated carbocycles. The molecule has 0 aliphatic heterocycles. The van der Waals surface area contributed by atoms with Gasteiger partial charge in [0.05, 0.1) is 27.7 Å². The summed E-state index contributed by atoms with van der Waals surface area (Å²) in [5.41, 5.74) is 1.50. The van der Waals surface area contributed by atoms with Crippen molar-refractivity contribution in [2.24, 2.45) is 0 Å². The summed E-state index contributed by atoms with van der Waals surface area (Å²) in [7, 11) is 0. The van der Waals surface area contributed by atoms with Crippen molar-refractivity contribution in [3.05, 3.63) is 64.2 Å². The Kier molecular flexibility index (Phi) is 2.71. The van der Waals surface area contributed by atoms with Crippen molar-refractivity contribution in [1.82, 2.24) is 9.55 Å². The SMILES string of the molecule is Cc1nc2ccccc2n1-c1ccc([N+](=O)[O-])cc1F. The smallest absolute Gasteiger partial charge is 0.272 e. The molecule has 0 radical (unpaired) electrons. The summed E-state index contributed by atoms with van der Waals surface area (Å²) >= 11 is 0. The van der Waals surface area contributed by atoms with Crippen LogP contribution in [0.5, 0.6) is 0 Å². The van der Waals surface area contributed by atoms with Gasteiger partial charge >= 0.3 is 0 Å². The van der Waals surface area contributed by atoms with Crippen molar-refractivity contribution in [3.63, 3.8) is 0 Å². The third-order valence-electron chi connectivity index (χ3n) is 3.11. The van der Waals surface area contributed by atoms with Gasteiger partial charge in [0.1, 0.15) is 5.82 Å². The van der Waals surface area contributed by atoms with Crippen molar-refractivity contribution in [2.75, 3.05) is 0 Å². The first-order valence-electron chi connectivity index (χ1n) is 5.96. The Bertz CT molecular complexity index is 826. The lowest BCUT2D eigenvalue weighted by Crippen LogP contribution is -2.01. The molecular weight excluding hydrogens is 261 g/mol. The third kappa shape index (κ3) is 1.82. The first-order valence-corrected chi connectivity index (χ1v) is 5.96. The number of hydrogen-bond acceptors (Lipinski definition) is 3. The molecule has 6 heteroatoms. The van der Waals surface area contributed by atoms with Crippen molar-refractivity contribution < 1.29 is 9.31 Å². The molecule has 3 aromatic rings. The van der Waals surface area contributed by atoms with Crippen LogP contribution in [-0.2, 0) is 0 Å². The number of para-hydroxylation sites is 2. The molecule has 0 atom stereocenters. The zero-order valence-corrected chi connectivity index (χ0v) is 10.6. The van der Waals surface area contributed by atoms with Crippen LogP contribution in [0.1, 0.15) is 5.82 Å². The van der Waals surface area contributed by atoms with Crippen molar-refractivity contribution >= 4 is 16.7 Å². The Labute approximate surface area is 113 Å². The normalized spacial score (nSPS) is 10.9. The monoisotopic (exact) mass is 271 g/mol. The Hall–Kier alpha value is -2.76. The average Bonchev–Trinajstić information content (AvgIpc) is 2.74. The number of halogens is 1. The molecule has 0 amide bonds. The topological polar surface area (TPSA) is 61.0 Å². The number of non-ortho nitro benzene ring substituents is 1. The second-order valence-corrected chi connectivity index (χ2v) is 4.38. The minimum absolute atomic E-state index is 0.252. The molecule has 0 spiro atoms. The standard InChI is InChI=1S/C14H10FN3O2/c1-9-16-12-4-2-3-5-14(12)17(9)13-7-6-10(18(19)20)8-11(13)15/h2-8H,1H3. The molecule has 0 aliphatic rings. The molecule has 0 N–H and O–H groups in total. The lowest BCUT2D eigenvalue weighted by atomic mass is 10.2. The van der Waals surface area contributed by atoms with Crippen LogP contribution in [0.25, 0.3) is 16.7 Å². The van der Waals surface area contributed by atoms with Crippen molar-refractivity contribution in [1.29, 1.82) is 0 Å². The molecule has 3 rings (SSSR count). The maximum atomic E-state index is 14.1. The molecule has 0 aliphatic carbocycles. The number of hydrogen-bond donors (Lipinski definition) is 0. The maximum Gasteiger partial charge on any atom is 0.272 e. The number of aromatic nitrogens is 2. The van der Waals surface area contributed by atoms with E-state index in [4.69, 9.17) is 0 Å². The minimum atomic E-state index is -0.648.